The smallest absolute Gasteiger partial charge is 0.399 e. The van der Waals surface area contributed by atoms with Crippen LogP contribution in [0.15, 0.2) is 48.5 Å². The first-order valence-electron chi connectivity index (χ1n) is 5.92. The molecule has 0 aliphatic heterocycles. The van der Waals surface area contributed by atoms with Crippen molar-refractivity contribution in [3.63, 3.8) is 0 Å². The first-order valence-corrected chi connectivity index (χ1v) is 5.92. The Kier molecular flexibility index (Phi) is 3.88. The molecule has 0 radical (unpaired) electrons. The van der Waals surface area contributed by atoms with E-state index in [-0.39, 0.29) is 16.9 Å². The van der Waals surface area contributed by atoms with Gasteiger partial charge in [0.15, 0.2) is 0 Å². The van der Waals surface area contributed by atoms with E-state index >= 15 is 0 Å². The molecule has 0 amide bonds. The van der Waals surface area contributed by atoms with Gasteiger partial charge in [-0.05, 0) is 23.8 Å². The Bertz CT molecular complexity index is 576. The molecule has 0 heterocycles. The third kappa shape index (κ3) is 2.87. The van der Waals surface area contributed by atoms with Crippen molar-refractivity contribution in [1.29, 1.82) is 0 Å². The zero-order valence-electron chi connectivity index (χ0n) is 10.7. The molecule has 0 aliphatic carbocycles. The first kappa shape index (κ1) is 14.2. The molecule has 2 rings (SSSR count). The van der Waals surface area contributed by atoms with Crippen molar-refractivity contribution in [1.82, 2.24) is 0 Å². The van der Waals surface area contributed by atoms with Gasteiger partial charge in [0.2, 0.25) is 0 Å². The van der Waals surface area contributed by atoms with E-state index in [1.165, 1.54) is 55.6 Å². The monoisotopic (exact) mass is 282 g/mol. The standard InChI is InChI=1S/C15H13F3O2/c1-20-11-8-6-10(7-9-11)14(15(16,17)18)12-4-2-3-5-13(12)19/h2-9,14,19H,1H3. The maximum Gasteiger partial charge on any atom is 0.399 e. The van der Waals surface area contributed by atoms with E-state index in [9.17, 15) is 18.3 Å². The highest BCUT2D eigenvalue weighted by atomic mass is 19.4. The van der Waals surface area contributed by atoms with Crippen LogP contribution in [0.25, 0.3) is 0 Å². The van der Waals surface area contributed by atoms with Gasteiger partial charge in [0.25, 0.3) is 0 Å². The van der Waals surface area contributed by atoms with Gasteiger partial charge in [0.05, 0.1) is 7.11 Å². The third-order valence-corrected chi connectivity index (χ3v) is 3.02. The van der Waals surface area contributed by atoms with Crippen molar-refractivity contribution in [2.75, 3.05) is 7.11 Å². The average Bonchev–Trinajstić information content (AvgIpc) is 2.41. The number of ether oxygens (including phenoxy) is 1. The zero-order valence-corrected chi connectivity index (χ0v) is 10.7. The van der Waals surface area contributed by atoms with E-state index < -0.39 is 12.1 Å². The summed E-state index contributed by atoms with van der Waals surface area (Å²) >= 11 is 0. The Hall–Kier alpha value is -2.17. The van der Waals surface area contributed by atoms with E-state index in [1.54, 1.807) is 0 Å². The van der Waals surface area contributed by atoms with E-state index in [4.69, 9.17) is 4.74 Å². The van der Waals surface area contributed by atoms with Crippen LogP contribution in [0.4, 0.5) is 13.2 Å². The molecule has 5 heteroatoms. The number of hydrogen-bond acceptors (Lipinski definition) is 2. The topological polar surface area (TPSA) is 29.5 Å². The Balaban J connectivity index is 2.51. The largest absolute Gasteiger partial charge is 0.508 e. The molecule has 0 saturated carbocycles. The number of alkyl halides is 3. The summed E-state index contributed by atoms with van der Waals surface area (Å²) in [6.45, 7) is 0. The quantitative estimate of drug-likeness (QED) is 0.918. The predicted octanol–water partition coefficient (Wildman–Crippen LogP) is 4.10. The fourth-order valence-electron chi connectivity index (χ4n) is 2.07. The van der Waals surface area contributed by atoms with Crippen molar-refractivity contribution in [2.24, 2.45) is 0 Å². The lowest BCUT2D eigenvalue weighted by molar-refractivity contribution is -0.141. The normalized spacial score (nSPS) is 13.0. The van der Waals surface area contributed by atoms with Crippen molar-refractivity contribution in [2.45, 2.75) is 12.1 Å². The summed E-state index contributed by atoms with van der Waals surface area (Å²) < 4.78 is 44.9. The van der Waals surface area contributed by atoms with Crippen LogP contribution in [0.1, 0.15) is 17.0 Å². The minimum absolute atomic E-state index is 0.0554. The Morgan fingerprint density at radius 1 is 1.00 bits per heavy atom. The highest BCUT2D eigenvalue weighted by Crippen LogP contribution is 2.43. The number of phenolic OH excluding ortho intramolecular Hbond substituents is 1. The third-order valence-electron chi connectivity index (χ3n) is 3.02. The van der Waals surface area contributed by atoms with Crippen LogP contribution < -0.4 is 4.74 Å². The van der Waals surface area contributed by atoms with E-state index in [2.05, 4.69) is 0 Å². The lowest BCUT2D eigenvalue weighted by Gasteiger charge is -2.22. The van der Waals surface area contributed by atoms with Crippen LogP contribution in [0.5, 0.6) is 11.5 Å². The number of halogens is 3. The van der Waals surface area contributed by atoms with E-state index in [0.717, 1.165) is 0 Å². The number of methoxy groups -OCH3 is 1. The lowest BCUT2D eigenvalue weighted by Crippen LogP contribution is -2.22. The van der Waals surface area contributed by atoms with Crippen LogP contribution in [0, 0.1) is 0 Å². The van der Waals surface area contributed by atoms with Gasteiger partial charge < -0.3 is 9.84 Å². The Labute approximate surface area is 114 Å². The molecule has 0 aromatic heterocycles. The van der Waals surface area contributed by atoms with Gasteiger partial charge in [-0.2, -0.15) is 13.2 Å². The fourth-order valence-corrected chi connectivity index (χ4v) is 2.07. The number of rotatable bonds is 3. The van der Waals surface area contributed by atoms with Crippen molar-refractivity contribution in [3.05, 3.63) is 59.7 Å². The van der Waals surface area contributed by atoms with Gasteiger partial charge >= 0.3 is 6.18 Å². The lowest BCUT2D eigenvalue weighted by atomic mass is 9.90. The molecular formula is C15H13F3O2. The Morgan fingerprint density at radius 2 is 1.60 bits per heavy atom. The average molecular weight is 282 g/mol. The molecule has 2 aromatic rings. The summed E-state index contributed by atoms with van der Waals surface area (Å²) in [5.41, 5.74) is -0.107. The van der Waals surface area contributed by atoms with Gasteiger partial charge in [-0.25, -0.2) is 0 Å². The number of hydrogen-bond donors (Lipinski definition) is 1. The van der Waals surface area contributed by atoms with E-state index in [0.29, 0.717) is 5.75 Å². The van der Waals surface area contributed by atoms with Crippen LogP contribution >= 0.6 is 0 Å². The molecule has 0 spiro atoms. The van der Waals surface area contributed by atoms with Gasteiger partial charge in [-0.3, -0.25) is 0 Å². The summed E-state index contributed by atoms with van der Waals surface area (Å²) in [6.07, 6.45) is -4.49. The summed E-state index contributed by atoms with van der Waals surface area (Å²) in [4.78, 5) is 0. The SMILES string of the molecule is COc1ccc(C(c2ccccc2O)C(F)(F)F)cc1. The van der Waals surface area contributed by atoms with Crippen LogP contribution in [0.2, 0.25) is 0 Å². The second kappa shape index (κ2) is 5.45. The van der Waals surface area contributed by atoms with E-state index in [1.807, 2.05) is 0 Å². The molecule has 106 valence electrons. The summed E-state index contributed by atoms with van der Waals surface area (Å²) in [7, 11) is 1.44. The second-order valence-corrected chi connectivity index (χ2v) is 4.31. The van der Waals surface area contributed by atoms with Gasteiger partial charge in [0.1, 0.15) is 17.4 Å². The van der Waals surface area contributed by atoms with Gasteiger partial charge in [-0.15, -0.1) is 0 Å². The number of aromatic hydroxyl groups is 1. The molecule has 2 nitrogen and oxygen atoms in total. The van der Waals surface area contributed by atoms with Gasteiger partial charge in [-0.1, -0.05) is 30.3 Å². The minimum Gasteiger partial charge on any atom is -0.508 e. The summed E-state index contributed by atoms with van der Waals surface area (Å²) in [6, 6.07) is 11.1. The van der Waals surface area contributed by atoms with Gasteiger partial charge in [0, 0.05) is 5.56 Å². The molecule has 0 saturated heterocycles. The number of phenols is 1. The zero-order chi connectivity index (χ0) is 14.8. The fraction of sp³-hybridized carbons (Fsp3) is 0.200. The highest BCUT2D eigenvalue weighted by molar-refractivity contribution is 5.43. The van der Waals surface area contributed by atoms with Crippen molar-refractivity contribution >= 4 is 0 Å². The molecule has 0 bridgehead atoms. The first-order chi connectivity index (χ1) is 9.43. The molecule has 1 unspecified atom stereocenters. The molecule has 0 aliphatic rings. The van der Waals surface area contributed by atoms with Crippen LogP contribution in [-0.2, 0) is 0 Å². The molecule has 0 fully saturated rings. The van der Waals surface area contributed by atoms with Crippen LogP contribution in [-0.4, -0.2) is 18.4 Å². The molecule has 1 N–H and O–H groups in total. The number of para-hydroxylation sites is 1. The minimum atomic E-state index is -4.49. The van der Waals surface area contributed by atoms with Crippen molar-refractivity contribution < 1.29 is 23.0 Å². The maximum atomic E-state index is 13.3. The molecule has 2 aromatic carbocycles. The van der Waals surface area contributed by atoms with Crippen LogP contribution in [0.3, 0.4) is 0 Å². The highest BCUT2D eigenvalue weighted by Gasteiger charge is 2.43. The summed E-state index contributed by atoms with van der Waals surface area (Å²) in [5, 5.41) is 9.68. The maximum absolute atomic E-state index is 13.3. The predicted molar refractivity (Wildman–Crippen MR) is 69.0 cm³/mol. The molecular weight excluding hydrogens is 269 g/mol. The second-order valence-electron chi connectivity index (χ2n) is 4.31. The summed E-state index contributed by atoms with van der Waals surface area (Å²) in [5.74, 6) is -1.76. The Morgan fingerprint density at radius 3 is 2.10 bits per heavy atom. The molecule has 1 atom stereocenters. The number of benzene rings is 2. The van der Waals surface area contributed by atoms with Crippen molar-refractivity contribution in [3.8, 4) is 11.5 Å². The molecule has 20 heavy (non-hydrogen) atoms.